The minimum Gasteiger partial charge on any atom is -0.468 e. The first-order chi connectivity index (χ1) is 9.79. The van der Waals surface area contributed by atoms with Gasteiger partial charge in [0.15, 0.2) is 0 Å². The number of hydrogen-bond acceptors (Lipinski definition) is 4. The van der Waals surface area contributed by atoms with Gasteiger partial charge in [-0.1, -0.05) is 6.92 Å². The summed E-state index contributed by atoms with van der Waals surface area (Å²) in [7, 11) is 0. The predicted molar refractivity (Wildman–Crippen MR) is 82.6 cm³/mol. The van der Waals surface area contributed by atoms with E-state index < -0.39 is 0 Å². The minimum absolute atomic E-state index is 0.111. The summed E-state index contributed by atoms with van der Waals surface area (Å²) in [4.78, 5) is 2.54. The Hall–Kier alpha value is -1.10. The maximum absolute atomic E-state index is 6.40. The highest BCUT2D eigenvalue weighted by atomic mass is 32.1. The van der Waals surface area contributed by atoms with Crippen molar-refractivity contribution in [3.8, 4) is 0 Å². The summed E-state index contributed by atoms with van der Waals surface area (Å²) in [5, 5.41) is 4.37. The molecule has 3 rings (SSSR count). The number of nitrogens with two attached hydrogens (primary N) is 1. The summed E-state index contributed by atoms with van der Waals surface area (Å²) >= 11 is 1.76. The quantitative estimate of drug-likeness (QED) is 0.843. The molecule has 1 fully saturated rings. The minimum atomic E-state index is 0.111. The largest absolute Gasteiger partial charge is 0.468 e. The van der Waals surface area contributed by atoms with Crippen LogP contribution in [0.3, 0.4) is 0 Å². The molecule has 1 aliphatic rings. The van der Waals surface area contributed by atoms with Crippen LogP contribution in [-0.4, -0.2) is 17.0 Å². The van der Waals surface area contributed by atoms with Gasteiger partial charge >= 0.3 is 0 Å². The van der Waals surface area contributed by atoms with Crippen LogP contribution in [0.1, 0.15) is 43.6 Å². The first kappa shape index (κ1) is 13.9. The highest BCUT2D eigenvalue weighted by Crippen LogP contribution is 2.38. The Morgan fingerprint density at radius 3 is 2.85 bits per heavy atom. The van der Waals surface area contributed by atoms with Crippen molar-refractivity contribution in [1.82, 2.24) is 4.90 Å². The lowest BCUT2D eigenvalue weighted by atomic mass is 10.0. The lowest BCUT2D eigenvalue weighted by Gasteiger charge is -2.34. The molecule has 3 nitrogen and oxygen atoms in total. The van der Waals surface area contributed by atoms with E-state index in [1.165, 1.54) is 18.4 Å². The third kappa shape index (κ3) is 2.97. The predicted octanol–water partition coefficient (Wildman–Crippen LogP) is 3.78. The number of rotatable bonds is 7. The standard InChI is InChI=1S/C16H22N2OS/c1-2-14(17)16(15-4-3-8-19-15)18(13-5-6-13)10-12-7-9-20-11-12/h3-4,7-9,11,13-14,16H,2,5-6,10,17H2,1H3. The third-order valence-corrected chi connectivity index (χ3v) is 4.76. The molecule has 4 heteroatoms. The molecule has 2 heterocycles. The monoisotopic (exact) mass is 290 g/mol. The maximum atomic E-state index is 6.40. The molecule has 0 amide bonds. The van der Waals surface area contributed by atoms with E-state index in [2.05, 4.69) is 34.7 Å². The fourth-order valence-electron chi connectivity index (χ4n) is 2.76. The molecule has 2 unspecified atom stereocenters. The van der Waals surface area contributed by atoms with Crippen molar-refractivity contribution in [2.45, 2.75) is 50.9 Å². The Morgan fingerprint density at radius 1 is 1.45 bits per heavy atom. The van der Waals surface area contributed by atoms with Gasteiger partial charge in [-0.3, -0.25) is 4.90 Å². The zero-order valence-electron chi connectivity index (χ0n) is 11.9. The first-order valence-electron chi connectivity index (χ1n) is 7.35. The molecule has 1 saturated carbocycles. The van der Waals surface area contributed by atoms with Crippen molar-refractivity contribution in [2.24, 2.45) is 5.73 Å². The summed E-state index contributed by atoms with van der Waals surface area (Å²) in [6, 6.07) is 7.17. The summed E-state index contributed by atoms with van der Waals surface area (Å²) in [6.07, 6.45) is 5.26. The van der Waals surface area contributed by atoms with E-state index in [-0.39, 0.29) is 12.1 Å². The molecular formula is C16H22N2OS. The molecule has 0 aliphatic heterocycles. The topological polar surface area (TPSA) is 42.4 Å². The van der Waals surface area contributed by atoms with E-state index in [0.29, 0.717) is 6.04 Å². The van der Waals surface area contributed by atoms with Crippen LogP contribution >= 0.6 is 11.3 Å². The molecule has 2 aromatic rings. The van der Waals surface area contributed by atoms with Gasteiger partial charge < -0.3 is 10.2 Å². The normalized spacial score (nSPS) is 18.4. The Kier molecular flexibility index (Phi) is 4.24. The van der Waals surface area contributed by atoms with Crippen molar-refractivity contribution in [2.75, 3.05) is 0 Å². The molecule has 0 radical (unpaired) electrons. The highest BCUT2D eigenvalue weighted by Gasteiger charge is 2.38. The highest BCUT2D eigenvalue weighted by molar-refractivity contribution is 7.07. The number of nitrogens with zero attached hydrogens (tertiary/aromatic N) is 1. The van der Waals surface area contributed by atoms with Gasteiger partial charge in [0, 0.05) is 18.6 Å². The second kappa shape index (κ2) is 6.12. The Bertz CT molecular complexity index is 505. The lowest BCUT2D eigenvalue weighted by molar-refractivity contribution is 0.131. The molecule has 2 atom stereocenters. The second-order valence-corrected chi connectivity index (χ2v) is 6.35. The molecule has 1 aliphatic carbocycles. The van der Waals surface area contributed by atoms with E-state index in [0.717, 1.165) is 18.7 Å². The van der Waals surface area contributed by atoms with Crippen molar-refractivity contribution >= 4 is 11.3 Å². The van der Waals surface area contributed by atoms with Gasteiger partial charge in [-0.25, -0.2) is 0 Å². The van der Waals surface area contributed by atoms with Gasteiger partial charge in [0.05, 0.1) is 12.3 Å². The van der Waals surface area contributed by atoms with Crippen LogP contribution in [0.25, 0.3) is 0 Å². The summed E-state index contributed by atoms with van der Waals surface area (Å²) in [5.74, 6) is 1.00. The molecule has 0 saturated heterocycles. The van der Waals surface area contributed by atoms with Gasteiger partial charge in [0.2, 0.25) is 0 Å². The zero-order valence-corrected chi connectivity index (χ0v) is 12.7. The van der Waals surface area contributed by atoms with Gasteiger partial charge in [-0.2, -0.15) is 11.3 Å². The van der Waals surface area contributed by atoms with Gasteiger partial charge in [0.25, 0.3) is 0 Å². The molecule has 20 heavy (non-hydrogen) atoms. The number of hydrogen-bond donors (Lipinski definition) is 1. The van der Waals surface area contributed by atoms with Gasteiger partial charge in [0.1, 0.15) is 5.76 Å². The van der Waals surface area contributed by atoms with Crippen molar-refractivity contribution < 1.29 is 4.42 Å². The van der Waals surface area contributed by atoms with Crippen LogP contribution in [-0.2, 0) is 6.54 Å². The smallest absolute Gasteiger partial charge is 0.122 e. The summed E-state index contributed by atoms with van der Waals surface area (Å²) in [5.41, 5.74) is 7.78. The fraction of sp³-hybridized carbons (Fsp3) is 0.500. The third-order valence-electron chi connectivity index (χ3n) is 4.03. The maximum Gasteiger partial charge on any atom is 0.122 e. The van der Waals surface area contributed by atoms with Crippen LogP contribution < -0.4 is 5.73 Å². The Labute approximate surface area is 124 Å². The van der Waals surface area contributed by atoms with Crippen LogP contribution in [0.2, 0.25) is 0 Å². The molecule has 0 aromatic carbocycles. The molecular weight excluding hydrogens is 268 g/mol. The Balaban J connectivity index is 1.85. The van der Waals surface area contributed by atoms with Crippen molar-refractivity contribution in [3.05, 3.63) is 46.5 Å². The molecule has 2 aromatic heterocycles. The average molecular weight is 290 g/mol. The van der Waals surface area contributed by atoms with Crippen molar-refractivity contribution in [3.63, 3.8) is 0 Å². The number of thiophene rings is 1. The second-order valence-electron chi connectivity index (χ2n) is 5.57. The fourth-order valence-corrected chi connectivity index (χ4v) is 3.42. The number of furan rings is 1. The van der Waals surface area contributed by atoms with Gasteiger partial charge in [-0.05, 0) is 53.8 Å². The van der Waals surface area contributed by atoms with Crippen LogP contribution in [0.15, 0.2) is 39.6 Å². The molecule has 0 spiro atoms. The Morgan fingerprint density at radius 2 is 2.30 bits per heavy atom. The van der Waals surface area contributed by atoms with E-state index in [9.17, 15) is 0 Å². The van der Waals surface area contributed by atoms with Crippen LogP contribution in [0.4, 0.5) is 0 Å². The SMILES string of the molecule is CCC(N)C(c1ccco1)N(Cc1ccsc1)C1CC1. The lowest BCUT2D eigenvalue weighted by Crippen LogP contribution is -2.41. The van der Waals surface area contributed by atoms with E-state index in [1.54, 1.807) is 17.6 Å². The van der Waals surface area contributed by atoms with E-state index in [1.807, 2.05) is 6.07 Å². The molecule has 2 N–H and O–H groups in total. The molecule has 108 valence electrons. The van der Waals surface area contributed by atoms with E-state index >= 15 is 0 Å². The first-order valence-corrected chi connectivity index (χ1v) is 8.29. The van der Waals surface area contributed by atoms with Crippen LogP contribution in [0, 0.1) is 0 Å². The summed E-state index contributed by atoms with van der Waals surface area (Å²) in [6.45, 7) is 3.11. The van der Waals surface area contributed by atoms with Gasteiger partial charge in [-0.15, -0.1) is 0 Å². The summed E-state index contributed by atoms with van der Waals surface area (Å²) < 4.78 is 5.68. The van der Waals surface area contributed by atoms with Crippen LogP contribution in [0.5, 0.6) is 0 Å². The molecule has 0 bridgehead atoms. The van der Waals surface area contributed by atoms with E-state index in [4.69, 9.17) is 10.2 Å². The average Bonchev–Trinajstić information content (AvgIpc) is 2.94. The zero-order chi connectivity index (χ0) is 13.9. The van der Waals surface area contributed by atoms with Crippen molar-refractivity contribution in [1.29, 1.82) is 0 Å².